The van der Waals surface area contributed by atoms with Crippen LogP contribution in [-0.2, 0) is 0 Å². The molecule has 1 saturated heterocycles. The second kappa shape index (κ2) is 6.35. The number of nitrogens with one attached hydrogen (secondary N) is 1. The average Bonchev–Trinajstić information content (AvgIpc) is 2.62. The number of anilines is 1. The summed E-state index contributed by atoms with van der Waals surface area (Å²) in [5, 5.41) is 3.21. The second-order valence-corrected chi connectivity index (χ2v) is 5.36. The average molecular weight is 265 g/mol. The van der Waals surface area contributed by atoms with Gasteiger partial charge in [0.25, 0.3) is 0 Å². The lowest BCUT2D eigenvalue weighted by Gasteiger charge is -2.27. The molecule has 1 aromatic rings. The molecule has 0 amide bonds. The van der Waals surface area contributed by atoms with Gasteiger partial charge in [0.05, 0.1) is 0 Å². The summed E-state index contributed by atoms with van der Waals surface area (Å²) >= 11 is 0. The third-order valence-electron chi connectivity index (χ3n) is 3.95. The van der Waals surface area contributed by atoms with E-state index in [2.05, 4.69) is 29.1 Å². The van der Waals surface area contributed by atoms with E-state index in [-0.39, 0.29) is 11.9 Å². The molecular formula is C15H24FN3. The van der Waals surface area contributed by atoms with Crippen LogP contribution in [0.1, 0.15) is 24.9 Å². The molecule has 0 aromatic heterocycles. The number of likely N-dealkylation sites (N-methyl/N-ethyl adjacent to an activating group) is 1. The predicted octanol–water partition coefficient (Wildman–Crippen LogP) is 2.25. The van der Waals surface area contributed by atoms with Gasteiger partial charge in [0.2, 0.25) is 0 Å². The smallest absolute Gasteiger partial charge is 0.123 e. The minimum atomic E-state index is -0.159. The third-order valence-corrected chi connectivity index (χ3v) is 3.95. The van der Waals surface area contributed by atoms with Gasteiger partial charge < -0.3 is 15.1 Å². The topological polar surface area (TPSA) is 18.5 Å². The SMILES string of the molecule is CNC(C)c1cc(F)ccc1N1CCCN(C)CC1. The highest BCUT2D eigenvalue weighted by Gasteiger charge is 2.18. The van der Waals surface area contributed by atoms with Crippen LogP contribution in [0.25, 0.3) is 0 Å². The van der Waals surface area contributed by atoms with Crippen LogP contribution >= 0.6 is 0 Å². The fourth-order valence-corrected chi connectivity index (χ4v) is 2.60. The van der Waals surface area contributed by atoms with Gasteiger partial charge in [0, 0.05) is 31.4 Å². The number of halogens is 1. The van der Waals surface area contributed by atoms with E-state index in [1.807, 2.05) is 13.1 Å². The minimum Gasteiger partial charge on any atom is -0.370 e. The maximum absolute atomic E-state index is 13.5. The minimum absolute atomic E-state index is 0.159. The maximum Gasteiger partial charge on any atom is 0.123 e. The first kappa shape index (κ1) is 14.3. The Morgan fingerprint density at radius 3 is 2.74 bits per heavy atom. The van der Waals surface area contributed by atoms with Gasteiger partial charge in [-0.3, -0.25) is 0 Å². The maximum atomic E-state index is 13.5. The molecule has 0 radical (unpaired) electrons. The van der Waals surface area contributed by atoms with Gasteiger partial charge in [-0.25, -0.2) is 4.39 Å². The Labute approximate surface area is 115 Å². The van der Waals surface area contributed by atoms with Crippen LogP contribution < -0.4 is 10.2 Å². The number of hydrogen-bond acceptors (Lipinski definition) is 3. The molecule has 1 fully saturated rings. The molecule has 4 heteroatoms. The first-order valence-electron chi connectivity index (χ1n) is 7.02. The largest absolute Gasteiger partial charge is 0.370 e. The quantitative estimate of drug-likeness (QED) is 0.904. The molecule has 0 aliphatic carbocycles. The van der Waals surface area contributed by atoms with Gasteiger partial charge in [-0.15, -0.1) is 0 Å². The van der Waals surface area contributed by atoms with Crippen molar-refractivity contribution in [2.24, 2.45) is 0 Å². The standard InChI is InChI=1S/C15H24FN3/c1-12(17-2)14-11-13(16)5-6-15(14)19-8-4-7-18(3)9-10-19/h5-6,11-12,17H,4,7-10H2,1-3H3. The van der Waals surface area contributed by atoms with E-state index in [1.165, 1.54) is 5.69 Å². The Bertz CT molecular complexity index is 422. The van der Waals surface area contributed by atoms with Crippen LogP contribution in [0.2, 0.25) is 0 Å². The zero-order chi connectivity index (χ0) is 13.8. The Balaban J connectivity index is 2.27. The highest BCUT2D eigenvalue weighted by atomic mass is 19.1. The second-order valence-electron chi connectivity index (χ2n) is 5.36. The van der Waals surface area contributed by atoms with Crippen molar-refractivity contribution in [2.45, 2.75) is 19.4 Å². The Morgan fingerprint density at radius 2 is 2.00 bits per heavy atom. The normalized spacial score (nSPS) is 19.3. The monoisotopic (exact) mass is 265 g/mol. The summed E-state index contributed by atoms with van der Waals surface area (Å²) in [6.45, 7) is 6.31. The molecule has 1 aliphatic rings. The van der Waals surface area contributed by atoms with Gasteiger partial charge in [-0.1, -0.05) is 0 Å². The van der Waals surface area contributed by atoms with E-state index in [0.29, 0.717) is 0 Å². The fourth-order valence-electron chi connectivity index (χ4n) is 2.60. The molecule has 0 spiro atoms. The van der Waals surface area contributed by atoms with Crippen LogP contribution in [0, 0.1) is 5.82 Å². The van der Waals surface area contributed by atoms with Crippen molar-refractivity contribution in [3.05, 3.63) is 29.6 Å². The zero-order valence-electron chi connectivity index (χ0n) is 12.1. The molecule has 2 rings (SSSR count). The summed E-state index contributed by atoms with van der Waals surface area (Å²) < 4.78 is 13.5. The third kappa shape index (κ3) is 3.45. The van der Waals surface area contributed by atoms with E-state index in [4.69, 9.17) is 0 Å². The van der Waals surface area contributed by atoms with Crippen LogP contribution in [-0.4, -0.2) is 45.2 Å². The van der Waals surface area contributed by atoms with Crippen molar-refractivity contribution >= 4 is 5.69 Å². The van der Waals surface area contributed by atoms with Crippen molar-refractivity contribution in [1.82, 2.24) is 10.2 Å². The molecule has 0 saturated carbocycles. The molecule has 19 heavy (non-hydrogen) atoms. The summed E-state index contributed by atoms with van der Waals surface area (Å²) in [4.78, 5) is 4.73. The van der Waals surface area contributed by atoms with Crippen LogP contribution in [0.15, 0.2) is 18.2 Å². The summed E-state index contributed by atoms with van der Waals surface area (Å²) in [5.74, 6) is -0.159. The highest BCUT2D eigenvalue weighted by Crippen LogP contribution is 2.28. The molecule has 1 unspecified atom stereocenters. The van der Waals surface area contributed by atoms with Crippen molar-refractivity contribution in [3.8, 4) is 0 Å². The Kier molecular flexibility index (Phi) is 4.77. The van der Waals surface area contributed by atoms with Gasteiger partial charge in [-0.2, -0.15) is 0 Å². The van der Waals surface area contributed by atoms with Gasteiger partial charge >= 0.3 is 0 Å². The number of hydrogen-bond donors (Lipinski definition) is 1. The predicted molar refractivity (Wildman–Crippen MR) is 78.2 cm³/mol. The van der Waals surface area contributed by atoms with Crippen molar-refractivity contribution < 1.29 is 4.39 Å². The van der Waals surface area contributed by atoms with Crippen LogP contribution in [0.4, 0.5) is 10.1 Å². The van der Waals surface area contributed by atoms with E-state index < -0.39 is 0 Å². The number of benzene rings is 1. The molecule has 0 bridgehead atoms. The van der Waals surface area contributed by atoms with Crippen LogP contribution in [0.3, 0.4) is 0 Å². The van der Waals surface area contributed by atoms with Crippen molar-refractivity contribution in [3.63, 3.8) is 0 Å². The van der Waals surface area contributed by atoms with Crippen LogP contribution in [0.5, 0.6) is 0 Å². The van der Waals surface area contributed by atoms with Crippen molar-refractivity contribution in [2.75, 3.05) is 45.2 Å². The van der Waals surface area contributed by atoms with E-state index in [9.17, 15) is 4.39 Å². The first-order valence-corrected chi connectivity index (χ1v) is 7.02. The molecule has 1 heterocycles. The summed E-state index contributed by atoms with van der Waals surface area (Å²) in [5.41, 5.74) is 2.21. The summed E-state index contributed by atoms with van der Waals surface area (Å²) in [7, 11) is 4.07. The van der Waals surface area contributed by atoms with Gasteiger partial charge in [-0.05, 0) is 57.7 Å². The van der Waals surface area contributed by atoms with E-state index >= 15 is 0 Å². The molecule has 1 aromatic carbocycles. The number of nitrogens with zero attached hydrogens (tertiary/aromatic N) is 2. The summed E-state index contributed by atoms with van der Waals surface area (Å²) in [6, 6.07) is 5.30. The van der Waals surface area contributed by atoms with E-state index in [0.717, 1.165) is 38.2 Å². The molecule has 106 valence electrons. The summed E-state index contributed by atoms with van der Waals surface area (Å²) in [6.07, 6.45) is 1.15. The zero-order valence-corrected chi connectivity index (χ0v) is 12.1. The lowest BCUT2D eigenvalue weighted by molar-refractivity contribution is 0.360. The van der Waals surface area contributed by atoms with Gasteiger partial charge in [0.15, 0.2) is 0 Å². The van der Waals surface area contributed by atoms with E-state index in [1.54, 1.807) is 12.1 Å². The molecule has 1 atom stereocenters. The molecular weight excluding hydrogens is 241 g/mol. The lowest BCUT2D eigenvalue weighted by Crippen LogP contribution is -2.30. The van der Waals surface area contributed by atoms with Crippen molar-refractivity contribution in [1.29, 1.82) is 0 Å². The number of rotatable bonds is 3. The van der Waals surface area contributed by atoms with Gasteiger partial charge in [0.1, 0.15) is 5.82 Å². The fraction of sp³-hybridized carbons (Fsp3) is 0.600. The first-order chi connectivity index (χ1) is 9.11. The lowest BCUT2D eigenvalue weighted by atomic mass is 10.0. The Morgan fingerprint density at radius 1 is 1.21 bits per heavy atom. The molecule has 3 nitrogen and oxygen atoms in total. The highest BCUT2D eigenvalue weighted by molar-refractivity contribution is 5.55. The molecule has 1 aliphatic heterocycles. The molecule has 1 N–H and O–H groups in total. The Hall–Kier alpha value is -1.13.